The number of hydrogen-bond donors (Lipinski definition) is 2. The molecule has 2 aromatic carbocycles. The van der Waals surface area contributed by atoms with E-state index in [1.54, 1.807) is 13.8 Å². The first-order chi connectivity index (χ1) is 13.4. The summed E-state index contributed by atoms with van der Waals surface area (Å²) in [7, 11) is 0. The Hall–Kier alpha value is -3.34. The fraction of sp³-hybridized carbons (Fsp3) is 0.217. The molecular weight excluding hydrogens is 352 g/mol. The van der Waals surface area contributed by atoms with Crippen molar-refractivity contribution in [1.29, 1.82) is 0 Å². The molecule has 2 N–H and O–H groups in total. The second kappa shape index (κ2) is 8.13. The third-order valence-corrected chi connectivity index (χ3v) is 4.72. The molecule has 1 unspecified atom stereocenters. The maximum absolute atomic E-state index is 12.7. The van der Waals surface area contributed by atoms with Crippen LogP contribution in [0.3, 0.4) is 0 Å². The van der Waals surface area contributed by atoms with Crippen LogP contribution in [0, 0.1) is 13.8 Å². The molecule has 3 rings (SSSR count). The number of ether oxygens (including phenoxy) is 1. The number of aryl methyl sites for hydroxylation is 1. The number of carbonyl (C=O) groups excluding carboxylic acids is 2. The molecule has 1 amide bonds. The second-order valence-corrected chi connectivity index (χ2v) is 6.86. The van der Waals surface area contributed by atoms with Crippen LogP contribution >= 0.6 is 0 Å². The highest BCUT2D eigenvalue weighted by molar-refractivity contribution is 6.02. The van der Waals surface area contributed by atoms with Gasteiger partial charge in [0.25, 0.3) is 5.91 Å². The van der Waals surface area contributed by atoms with Crippen LogP contribution in [0.15, 0.2) is 54.6 Å². The summed E-state index contributed by atoms with van der Waals surface area (Å²) in [6.07, 6.45) is 0. The maximum Gasteiger partial charge on any atom is 0.268 e. The lowest BCUT2D eigenvalue weighted by atomic mass is 10.1. The molecular formula is C23H24N2O3. The van der Waals surface area contributed by atoms with Gasteiger partial charge in [0.2, 0.25) is 0 Å². The number of aromatic amines is 1. The number of amides is 1. The van der Waals surface area contributed by atoms with E-state index < -0.39 is 0 Å². The Kier molecular flexibility index (Phi) is 5.64. The largest absolute Gasteiger partial charge is 0.457 e. The predicted octanol–water partition coefficient (Wildman–Crippen LogP) is 5.12. The average Bonchev–Trinajstić information content (AvgIpc) is 2.97. The van der Waals surface area contributed by atoms with E-state index in [1.807, 2.05) is 61.5 Å². The fourth-order valence-corrected chi connectivity index (χ4v) is 3.31. The Balaban J connectivity index is 1.69. The molecule has 1 heterocycles. The Morgan fingerprint density at radius 2 is 1.57 bits per heavy atom. The molecule has 0 aliphatic carbocycles. The van der Waals surface area contributed by atoms with Gasteiger partial charge in [0.1, 0.15) is 17.2 Å². The summed E-state index contributed by atoms with van der Waals surface area (Å²) in [6, 6.07) is 17.0. The van der Waals surface area contributed by atoms with Crippen molar-refractivity contribution < 1.29 is 14.3 Å². The second-order valence-electron chi connectivity index (χ2n) is 6.86. The summed E-state index contributed by atoms with van der Waals surface area (Å²) < 4.78 is 5.79. The number of benzene rings is 2. The van der Waals surface area contributed by atoms with Gasteiger partial charge in [-0.1, -0.05) is 30.3 Å². The molecule has 28 heavy (non-hydrogen) atoms. The van der Waals surface area contributed by atoms with Crippen molar-refractivity contribution in [2.75, 3.05) is 0 Å². The lowest BCUT2D eigenvalue weighted by Gasteiger charge is -2.15. The molecule has 0 radical (unpaired) electrons. The van der Waals surface area contributed by atoms with Gasteiger partial charge in [-0.15, -0.1) is 0 Å². The molecule has 0 saturated heterocycles. The molecule has 3 aromatic rings. The minimum absolute atomic E-state index is 0.0487. The van der Waals surface area contributed by atoms with Crippen molar-refractivity contribution in [3.8, 4) is 11.5 Å². The van der Waals surface area contributed by atoms with E-state index in [9.17, 15) is 9.59 Å². The molecule has 0 spiro atoms. The highest BCUT2D eigenvalue weighted by Crippen LogP contribution is 2.24. The number of ketones is 1. The van der Waals surface area contributed by atoms with Crippen LogP contribution in [0.2, 0.25) is 0 Å². The van der Waals surface area contributed by atoms with E-state index in [1.165, 1.54) is 6.92 Å². The SMILES string of the molecule is CC(=O)c1c(C)[nH]c(C(=O)NC(C)c2ccc(Oc3ccccc3)cc2)c1C. The Morgan fingerprint density at radius 1 is 0.964 bits per heavy atom. The van der Waals surface area contributed by atoms with E-state index in [0.29, 0.717) is 22.5 Å². The third kappa shape index (κ3) is 4.14. The first kappa shape index (κ1) is 19.4. The van der Waals surface area contributed by atoms with E-state index in [2.05, 4.69) is 10.3 Å². The molecule has 1 atom stereocenters. The van der Waals surface area contributed by atoms with Crippen molar-refractivity contribution in [2.24, 2.45) is 0 Å². The lowest BCUT2D eigenvalue weighted by Crippen LogP contribution is -2.27. The highest BCUT2D eigenvalue weighted by Gasteiger charge is 2.21. The van der Waals surface area contributed by atoms with E-state index in [-0.39, 0.29) is 17.7 Å². The fourth-order valence-electron chi connectivity index (χ4n) is 3.31. The zero-order chi connectivity index (χ0) is 20.3. The highest BCUT2D eigenvalue weighted by atomic mass is 16.5. The number of Topliss-reactive ketones (excluding diaryl/α,β-unsaturated/α-hetero) is 1. The quantitative estimate of drug-likeness (QED) is 0.587. The molecule has 0 aliphatic rings. The standard InChI is InChI=1S/C23H24N2O3/c1-14-21(17(4)26)16(3)24-22(14)23(27)25-15(2)18-10-12-20(13-11-18)28-19-8-6-5-7-9-19/h5-13,15,24H,1-4H3,(H,25,27). The molecule has 0 saturated carbocycles. The number of carbonyl (C=O) groups is 2. The Bertz CT molecular complexity index is 989. The smallest absolute Gasteiger partial charge is 0.268 e. The van der Waals surface area contributed by atoms with Gasteiger partial charge in [0.15, 0.2) is 5.78 Å². The van der Waals surface area contributed by atoms with Crippen LogP contribution in [0.5, 0.6) is 11.5 Å². The van der Waals surface area contributed by atoms with Gasteiger partial charge in [-0.05, 0) is 63.1 Å². The number of para-hydroxylation sites is 1. The number of aromatic nitrogens is 1. The number of hydrogen-bond acceptors (Lipinski definition) is 3. The topological polar surface area (TPSA) is 71.2 Å². The monoisotopic (exact) mass is 376 g/mol. The van der Waals surface area contributed by atoms with E-state index >= 15 is 0 Å². The van der Waals surface area contributed by atoms with Gasteiger partial charge in [0.05, 0.1) is 6.04 Å². The van der Waals surface area contributed by atoms with Gasteiger partial charge in [-0.25, -0.2) is 0 Å². The summed E-state index contributed by atoms with van der Waals surface area (Å²) in [5, 5.41) is 2.98. The Labute approximate surface area is 164 Å². The zero-order valence-corrected chi connectivity index (χ0v) is 16.5. The Morgan fingerprint density at radius 3 is 2.14 bits per heavy atom. The summed E-state index contributed by atoms with van der Waals surface area (Å²) in [6.45, 7) is 7.01. The van der Waals surface area contributed by atoms with Gasteiger partial charge < -0.3 is 15.0 Å². The minimum Gasteiger partial charge on any atom is -0.457 e. The lowest BCUT2D eigenvalue weighted by molar-refractivity contribution is 0.0934. The van der Waals surface area contributed by atoms with Crippen LogP contribution in [0.4, 0.5) is 0 Å². The van der Waals surface area contributed by atoms with Crippen molar-refractivity contribution in [2.45, 2.75) is 33.7 Å². The number of nitrogens with one attached hydrogen (secondary N) is 2. The van der Waals surface area contributed by atoms with Crippen LogP contribution in [-0.4, -0.2) is 16.7 Å². The maximum atomic E-state index is 12.7. The number of rotatable bonds is 6. The molecule has 0 bridgehead atoms. The summed E-state index contributed by atoms with van der Waals surface area (Å²) in [4.78, 5) is 27.5. The average molecular weight is 376 g/mol. The van der Waals surface area contributed by atoms with Gasteiger partial charge in [-0.2, -0.15) is 0 Å². The van der Waals surface area contributed by atoms with Gasteiger partial charge in [0, 0.05) is 11.3 Å². The predicted molar refractivity (Wildman–Crippen MR) is 109 cm³/mol. The molecule has 5 heteroatoms. The summed E-state index contributed by atoms with van der Waals surface area (Å²) >= 11 is 0. The first-order valence-corrected chi connectivity index (χ1v) is 9.20. The van der Waals surface area contributed by atoms with Crippen LogP contribution in [-0.2, 0) is 0 Å². The van der Waals surface area contributed by atoms with Crippen molar-refractivity contribution in [3.05, 3.63) is 82.7 Å². The van der Waals surface area contributed by atoms with Gasteiger partial charge in [-0.3, -0.25) is 9.59 Å². The van der Waals surface area contributed by atoms with Crippen LogP contribution < -0.4 is 10.1 Å². The van der Waals surface area contributed by atoms with Crippen molar-refractivity contribution >= 4 is 11.7 Å². The summed E-state index contributed by atoms with van der Waals surface area (Å²) in [5.74, 6) is 1.23. The molecule has 5 nitrogen and oxygen atoms in total. The third-order valence-electron chi connectivity index (χ3n) is 4.72. The van der Waals surface area contributed by atoms with Crippen molar-refractivity contribution in [1.82, 2.24) is 10.3 Å². The molecule has 1 aromatic heterocycles. The van der Waals surface area contributed by atoms with E-state index in [4.69, 9.17) is 4.74 Å². The van der Waals surface area contributed by atoms with E-state index in [0.717, 1.165) is 17.1 Å². The molecule has 144 valence electrons. The van der Waals surface area contributed by atoms with Crippen LogP contribution in [0.25, 0.3) is 0 Å². The zero-order valence-electron chi connectivity index (χ0n) is 16.5. The molecule has 0 fully saturated rings. The van der Waals surface area contributed by atoms with Crippen molar-refractivity contribution in [3.63, 3.8) is 0 Å². The first-order valence-electron chi connectivity index (χ1n) is 9.20. The minimum atomic E-state index is -0.231. The number of H-pyrrole nitrogens is 1. The van der Waals surface area contributed by atoms with Gasteiger partial charge >= 0.3 is 0 Å². The van der Waals surface area contributed by atoms with Crippen LogP contribution in [0.1, 0.15) is 57.6 Å². The normalized spacial score (nSPS) is 11.7. The molecule has 0 aliphatic heterocycles. The summed E-state index contributed by atoms with van der Waals surface area (Å²) in [5.41, 5.74) is 3.37.